The Labute approximate surface area is 219 Å². The fourth-order valence-corrected chi connectivity index (χ4v) is 4.75. The van der Waals surface area contributed by atoms with Crippen LogP contribution in [0, 0.1) is 11.3 Å². The highest BCUT2D eigenvalue weighted by atomic mass is 16.5. The summed E-state index contributed by atoms with van der Waals surface area (Å²) < 4.78 is 11.5. The number of carbonyl (C=O) groups excluding carboxylic acids is 1. The van der Waals surface area contributed by atoms with Gasteiger partial charge in [-0.05, 0) is 23.8 Å². The first kappa shape index (κ1) is 23.6. The lowest BCUT2D eigenvalue weighted by molar-refractivity contribution is -0.119. The highest BCUT2D eigenvalue weighted by Gasteiger charge is 2.28. The molecule has 0 bridgehead atoms. The molecule has 4 aromatic rings. The molecule has 188 valence electrons. The predicted molar refractivity (Wildman–Crippen MR) is 142 cm³/mol. The number of ketones is 1. The molecular formula is C29H24N6O3. The van der Waals surface area contributed by atoms with Crippen LogP contribution in [0.5, 0.6) is 0 Å². The Morgan fingerprint density at radius 2 is 1.74 bits per heavy atom. The molecule has 3 aromatic carbocycles. The van der Waals surface area contributed by atoms with Gasteiger partial charge in [0.05, 0.1) is 41.8 Å². The third-order valence-electron chi connectivity index (χ3n) is 6.64. The number of carbonyl (C=O) groups is 1. The van der Waals surface area contributed by atoms with E-state index in [-0.39, 0.29) is 24.1 Å². The van der Waals surface area contributed by atoms with Crippen LogP contribution >= 0.6 is 0 Å². The topological polar surface area (TPSA) is 117 Å². The zero-order valence-corrected chi connectivity index (χ0v) is 20.5. The first-order valence-electron chi connectivity index (χ1n) is 12.4. The molecule has 1 fully saturated rings. The molecule has 2 aliphatic rings. The van der Waals surface area contributed by atoms with Crippen LogP contribution in [-0.4, -0.2) is 54.2 Å². The van der Waals surface area contributed by atoms with Crippen LogP contribution in [0.4, 0.5) is 11.7 Å². The number of hydrogen-bond acceptors (Lipinski definition) is 9. The third kappa shape index (κ3) is 4.65. The summed E-state index contributed by atoms with van der Waals surface area (Å²) in [7, 11) is 0. The number of benzene rings is 3. The van der Waals surface area contributed by atoms with Gasteiger partial charge in [-0.2, -0.15) is 5.26 Å². The molecule has 0 amide bonds. The summed E-state index contributed by atoms with van der Waals surface area (Å²) in [6.45, 7) is 2.58. The van der Waals surface area contributed by atoms with Crippen molar-refractivity contribution < 1.29 is 13.9 Å². The van der Waals surface area contributed by atoms with Gasteiger partial charge >= 0.3 is 6.01 Å². The van der Waals surface area contributed by atoms with Crippen LogP contribution < -0.4 is 10.2 Å². The van der Waals surface area contributed by atoms with Gasteiger partial charge in [-0.25, -0.2) is 0 Å². The molecule has 1 atom stereocenters. The Balaban J connectivity index is 1.33. The first-order valence-corrected chi connectivity index (χ1v) is 12.4. The zero-order chi connectivity index (χ0) is 25.9. The van der Waals surface area contributed by atoms with E-state index >= 15 is 0 Å². The first-order chi connectivity index (χ1) is 18.7. The summed E-state index contributed by atoms with van der Waals surface area (Å²) in [4.78, 5) is 20.2. The quantitative estimate of drug-likeness (QED) is 0.436. The minimum absolute atomic E-state index is 0.0951. The van der Waals surface area contributed by atoms with E-state index in [1.165, 1.54) is 0 Å². The summed E-state index contributed by atoms with van der Waals surface area (Å²) in [5.41, 5.74) is 5.57. The Kier molecular flexibility index (Phi) is 6.38. The summed E-state index contributed by atoms with van der Waals surface area (Å²) in [5, 5.41) is 20.9. The normalized spacial score (nSPS) is 17.2. The number of morpholine rings is 1. The van der Waals surface area contributed by atoms with Crippen molar-refractivity contribution in [1.29, 1.82) is 5.26 Å². The van der Waals surface area contributed by atoms with Gasteiger partial charge in [-0.15, -0.1) is 5.10 Å². The second kappa shape index (κ2) is 10.3. The lowest BCUT2D eigenvalue weighted by atomic mass is 9.96. The van der Waals surface area contributed by atoms with Gasteiger partial charge in [0, 0.05) is 30.6 Å². The fourth-order valence-electron chi connectivity index (χ4n) is 4.75. The number of hydrogen-bond donors (Lipinski definition) is 1. The van der Waals surface area contributed by atoms with Crippen LogP contribution in [0.1, 0.15) is 22.3 Å². The lowest BCUT2D eigenvalue weighted by Gasteiger charge is -2.30. The molecule has 1 aromatic heterocycles. The van der Waals surface area contributed by atoms with Crippen molar-refractivity contribution in [2.24, 2.45) is 4.99 Å². The van der Waals surface area contributed by atoms with Crippen LogP contribution in [0.3, 0.4) is 0 Å². The summed E-state index contributed by atoms with van der Waals surface area (Å²) in [6.07, 6.45) is -0.670. The average Bonchev–Trinajstić information content (AvgIpc) is 3.39. The molecular weight excluding hydrogens is 480 g/mol. The van der Waals surface area contributed by atoms with Gasteiger partial charge in [0.25, 0.3) is 5.89 Å². The Morgan fingerprint density at radius 3 is 2.55 bits per heavy atom. The van der Waals surface area contributed by atoms with Gasteiger partial charge in [-0.1, -0.05) is 59.7 Å². The predicted octanol–water partition coefficient (Wildman–Crippen LogP) is 3.85. The van der Waals surface area contributed by atoms with E-state index in [1.807, 2.05) is 60.7 Å². The van der Waals surface area contributed by atoms with Crippen LogP contribution in [0.25, 0.3) is 11.5 Å². The van der Waals surface area contributed by atoms with Crippen molar-refractivity contribution in [2.75, 3.05) is 36.5 Å². The fraction of sp³-hybridized carbons (Fsp3) is 0.207. The molecule has 1 N–H and O–H groups in total. The van der Waals surface area contributed by atoms with Crippen molar-refractivity contribution in [3.63, 3.8) is 0 Å². The van der Waals surface area contributed by atoms with E-state index in [0.717, 1.165) is 28.1 Å². The van der Waals surface area contributed by atoms with E-state index < -0.39 is 6.17 Å². The molecule has 2 aliphatic heterocycles. The van der Waals surface area contributed by atoms with E-state index in [4.69, 9.17) is 14.1 Å². The van der Waals surface area contributed by atoms with Crippen molar-refractivity contribution in [3.8, 4) is 17.5 Å². The van der Waals surface area contributed by atoms with Crippen LogP contribution in [0.15, 0.2) is 82.2 Å². The smallest absolute Gasteiger partial charge is 0.317 e. The van der Waals surface area contributed by atoms with Gasteiger partial charge in [0.15, 0.2) is 11.9 Å². The Morgan fingerprint density at radius 1 is 0.947 bits per heavy atom. The number of nitrogens with one attached hydrogen (secondary N) is 1. The molecule has 0 unspecified atom stereocenters. The zero-order valence-electron chi connectivity index (χ0n) is 20.5. The third-order valence-corrected chi connectivity index (χ3v) is 6.64. The maximum atomic E-state index is 13.3. The molecule has 0 radical (unpaired) electrons. The molecule has 3 heterocycles. The molecule has 0 saturated carbocycles. The molecule has 9 nitrogen and oxygen atoms in total. The van der Waals surface area contributed by atoms with E-state index in [0.29, 0.717) is 37.4 Å². The molecule has 38 heavy (non-hydrogen) atoms. The van der Waals surface area contributed by atoms with Crippen LogP contribution in [0.2, 0.25) is 0 Å². The standard InChI is InChI=1S/C29H24N6O3/c30-18-19-10-11-23(24(16-19)35-12-14-37-15-13-35)28-33-34-29(38-28)32-27-25(36)17-21-8-4-5-9-22(21)26(31-27)20-6-2-1-3-7-20/h1-11,16,27H,12-15,17H2,(H,32,34)/t27-/m1/s1. The number of aliphatic imine (C=N–C) groups is 1. The van der Waals surface area contributed by atoms with Crippen LogP contribution in [-0.2, 0) is 16.0 Å². The summed E-state index contributed by atoms with van der Waals surface area (Å²) in [6, 6.07) is 25.2. The number of aromatic nitrogens is 2. The van der Waals surface area contributed by atoms with Crippen molar-refractivity contribution >= 4 is 23.2 Å². The van der Waals surface area contributed by atoms with Crippen molar-refractivity contribution in [1.82, 2.24) is 10.2 Å². The molecule has 6 rings (SSSR count). The second-order valence-corrected chi connectivity index (χ2v) is 9.05. The van der Waals surface area contributed by atoms with Gasteiger partial charge in [-0.3, -0.25) is 9.79 Å². The van der Waals surface area contributed by atoms with E-state index in [9.17, 15) is 10.1 Å². The SMILES string of the molecule is N#Cc1ccc(-c2nnc(N[C@H]3N=C(c4ccccc4)c4ccccc4CC3=O)o2)c(N2CCOCC2)c1. The maximum Gasteiger partial charge on any atom is 0.317 e. The Hall–Kier alpha value is -4.81. The number of nitrogens with zero attached hydrogens (tertiary/aromatic N) is 5. The summed E-state index contributed by atoms with van der Waals surface area (Å²) in [5.74, 6) is 0.186. The average molecular weight is 505 g/mol. The number of anilines is 2. The van der Waals surface area contributed by atoms with E-state index in [2.05, 4.69) is 26.5 Å². The number of ether oxygens (including phenoxy) is 1. The minimum atomic E-state index is -0.898. The molecule has 0 aliphatic carbocycles. The number of fused-ring (bicyclic) bond motifs is 1. The second-order valence-electron chi connectivity index (χ2n) is 9.05. The molecule has 0 spiro atoms. The lowest BCUT2D eigenvalue weighted by Crippen LogP contribution is -2.36. The monoisotopic (exact) mass is 504 g/mol. The number of rotatable bonds is 5. The largest absolute Gasteiger partial charge is 0.403 e. The summed E-state index contributed by atoms with van der Waals surface area (Å²) >= 11 is 0. The van der Waals surface area contributed by atoms with E-state index in [1.54, 1.807) is 12.1 Å². The molecule has 9 heteroatoms. The number of Topliss-reactive ketones (excluding diaryl/α,β-unsaturated/α-hetero) is 1. The minimum Gasteiger partial charge on any atom is -0.403 e. The van der Waals surface area contributed by atoms with Crippen molar-refractivity contribution in [3.05, 3.63) is 95.1 Å². The van der Waals surface area contributed by atoms with Gasteiger partial charge in [0.1, 0.15) is 0 Å². The Bertz CT molecular complexity index is 1550. The highest BCUT2D eigenvalue weighted by molar-refractivity contribution is 6.16. The van der Waals surface area contributed by atoms with Gasteiger partial charge < -0.3 is 19.4 Å². The number of nitriles is 1. The van der Waals surface area contributed by atoms with Gasteiger partial charge in [0.2, 0.25) is 0 Å². The maximum absolute atomic E-state index is 13.3. The highest BCUT2D eigenvalue weighted by Crippen LogP contribution is 2.33. The molecule has 1 saturated heterocycles. The van der Waals surface area contributed by atoms with Crippen molar-refractivity contribution in [2.45, 2.75) is 12.6 Å².